The number of aromatic nitrogens is 2. The first kappa shape index (κ1) is 14.7. The molecule has 2 aromatic rings. The average molecular weight is 300 g/mol. The molecule has 112 valence electrons. The fraction of sp³-hybridized carbons (Fsp3) is 0.167. The average Bonchev–Trinajstić information content (AvgIpc) is 2.69. The number of hydrogen-bond acceptors (Lipinski definition) is 4. The molecule has 0 spiro atoms. The lowest BCUT2D eigenvalue weighted by molar-refractivity contribution is -0.274. The van der Waals surface area contributed by atoms with Crippen molar-refractivity contribution < 1.29 is 22.7 Å². The van der Waals surface area contributed by atoms with Gasteiger partial charge in [-0.25, -0.2) is 0 Å². The van der Waals surface area contributed by atoms with Gasteiger partial charge in [-0.15, -0.1) is 13.2 Å². The minimum absolute atomic E-state index is 0.158. The van der Waals surface area contributed by atoms with Gasteiger partial charge in [0.05, 0.1) is 11.9 Å². The lowest BCUT2D eigenvalue weighted by Gasteiger charge is -2.10. The number of halogens is 3. The molecule has 0 radical (unpaired) electrons. The molecule has 2 rings (SSSR count). The Hall–Kier alpha value is -2.71. The molecule has 9 heteroatoms. The number of hydrogen-bond donors (Lipinski definition) is 2. The molecule has 0 aliphatic rings. The molecule has 6 nitrogen and oxygen atoms in total. The van der Waals surface area contributed by atoms with E-state index in [9.17, 15) is 18.0 Å². The maximum Gasteiger partial charge on any atom is 0.573 e. The highest BCUT2D eigenvalue weighted by Crippen LogP contribution is 2.23. The molecular formula is C12H11F3N4O2. The van der Waals surface area contributed by atoms with Crippen molar-refractivity contribution in [1.82, 2.24) is 9.78 Å². The molecule has 1 heterocycles. The van der Waals surface area contributed by atoms with Gasteiger partial charge < -0.3 is 15.8 Å². The summed E-state index contributed by atoms with van der Waals surface area (Å²) in [5, 5.41) is 6.37. The van der Waals surface area contributed by atoms with Crippen molar-refractivity contribution in [3.8, 4) is 5.75 Å². The molecule has 21 heavy (non-hydrogen) atoms. The third kappa shape index (κ3) is 3.65. The van der Waals surface area contributed by atoms with Crippen molar-refractivity contribution in [1.29, 1.82) is 0 Å². The Bertz CT molecular complexity index is 630. The Morgan fingerprint density at radius 1 is 1.33 bits per heavy atom. The summed E-state index contributed by atoms with van der Waals surface area (Å²) in [5.41, 5.74) is 6.06. The minimum atomic E-state index is -4.77. The van der Waals surface area contributed by atoms with Crippen LogP contribution >= 0.6 is 0 Å². The summed E-state index contributed by atoms with van der Waals surface area (Å²) >= 11 is 0. The highest BCUT2D eigenvalue weighted by molar-refractivity contribution is 6.05. The quantitative estimate of drug-likeness (QED) is 0.910. The van der Waals surface area contributed by atoms with Crippen LogP contribution in [0, 0.1) is 0 Å². The molecule has 3 N–H and O–H groups in total. The summed E-state index contributed by atoms with van der Waals surface area (Å²) < 4.78 is 41.1. The number of alkyl halides is 3. The van der Waals surface area contributed by atoms with Crippen LogP contribution in [-0.2, 0) is 7.05 Å². The zero-order chi connectivity index (χ0) is 15.6. The van der Waals surface area contributed by atoms with Crippen LogP contribution in [0.1, 0.15) is 10.4 Å². The summed E-state index contributed by atoms with van der Waals surface area (Å²) in [7, 11) is 1.59. The number of ether oxygens (including phenoxy) is 1. The van der Waals surface area contributed by atoms with E-state index in [2.05, 4.69) is 15.2 Å². The van der Waals surface area contributed by atoms with Gasteiger partial charge in [-0.05, 0) is 24.3 Å². The van der Waals surface area contributed by atoms with E-state index in [-0.39, 0.29) is 11.3 Å². The maximum absolute atomic E-state index is 12.0. The summed E-state index contributed by atoms with van der Waals surface area (Å²) in [6, 6.07) is 4.52. The Labute approximate surface area is 117 Å². The van der Waals surface area contributed by atoms with E-state index < -0.39 is 18.0 Å². The fourth-order valence-electron chi connectivity index (χ4n) is 1.60. The van der Waals surface area contributed by atoms with Crippen LogP contribution in [-0.4, -0.2) is 22.1 Å². The second-order valence-electron chi connectivity index (χ2n) is 4.10. The maximum atomic E-state index is 12.0. The van der Waals surface area contributed by atoms with E-state index in [1.54, 1.807) is 7.05 Å². The minimum Gasteiger partial charge on any atom is -0.406 e. The normalized spacial score (nSPS) is 11.2. The summed E-state index contributed by atoms with van der Waals surface area (Å²) in [5.74, 6) is -0.626. The van der Waals surface area contributed by atoms with Gasteiger partial charge in [0.2, 0.25) is 0 Å². The molecule has 1 amide bonds. The molecule has 0 saturated heterocycles. The third-order valence-electron chi connectivity index (χ3n) is 2.55. The molecular weight excluding hydrogens is 289 g/mol. The van der Waals surface area contributed by atoms with Crippen molar-refractivity contribution in [2.24, 2.45) is 7.05 Å². The van der Waals surface area contributed by atoms with Crippen LogP contribution in [0.25, 0.3) is 0 Å². The molecule has 1 aromatic heterocycles. The van der Waals surface area contributed by atoms with Gasteiger partial charge in [-0.1, -0.05) is 0 Å². The molecule has 0 aliphatic heterocycles. The second kappa shape index (κ2) is 5.35. The Morgan fingerprint density at radius 3 is 2.43 bits per heavy atom. The van der Waals surface area contributed by atoms with E-state index in [1.807, 2.05) is 0 Å². The van der Waals surface area contributed by atoms with Crippen molar-refractivity contribution >= 4 is 17.4 Å². The van der Waals surface area contributed by atoms with E-state index in [1.165, 1.54) is 23.0 Å². The van der Waals surface area contributed by atoms with Crippen LogP contribution in [0.5, 0.6) is 5.75 Å². The number of nitrogens with zero attached hydrogens (tertiary/aromatic N) is 2. The molecule has 0 saturated carbocycles. The Balaban J connectivity index is 2.10. The lowest BCUT2D eigenvalue weighted by atomic mass is 10.2. The number of carbonyl (C=O) groups excluding carboxylic acids is 1. The van der Waals surface area contributed by atoms with Gasteiger partial charge in [0.1, 0.15) is 5.75 Å². The first-order chi connectivity index (χ1) is 9.76. The predicted molar refractivity (Wildman–Crippen MR) is 68.7 cm³/mol. The SMILES string of the molecule is Cn1ncc(N)c1NC(=O)c1ccc(OC(F)(F)F)cc1. The number of carbonyl (C=O) groups is 1. The number of anilines is 2. The van der Waals surface area contributed by atoms with E-state index >= 15 is 0 Å². The zero-order valence-electron chi connectivity index (χ0n) is 10.8. The first-order valence-electron chi connectivity index (χ1n) is 5.71. The molecule has 1 aromatic carbocycles. The summed E-state index contributed by atoms with van der Waals surface area (Å²) in [6.07, 6.45) is -3.40. The smallest absolute Gasteiger partial charge is 0.406 e. The van der Waals surface area contributed by atoms with Crippen LogP contribution < -0.4 is 15.8 Å². The van der Waals surface area contributed by atoms with E-state index in [0.29, 0.717) is 5.82 Å². The van der Waals surface area contributed by atoms with Gasteiger partial charge in [0.15, 0.2) is 5.82 Å². The molecule has 0 aliphatic carbocycles. The Kier molecular flexibility index (Phi) is 3.74. The van der Waals surface area contributed by atoms with Gasteiger partial charge in [-0.3, -0.25) is 9.48 Å². The summed E-state index contributed by atoms with van der Waals surface area (Å²) in [4.78, 5) is 11.9. The van der Waals surface area contributed by atoms with E-state index in [0.717, 1.165) is 12.1 Å². The largest absolute Gasteiger partial charge is 0.573 e. The number of nitrogens with one attached hydrogen (secondary N) is 1. The van der Waals surface area contributed by atoms with Gasteiger partial charge in [0.25, 0.3) is 5.91 Å². The molecule has 0 fully saturated rings. The molecule has 0 atom stereocenters. The highest BCUT2D eigenvalue weighted by atomic mass is 19.4. The summed E-state index contributed by atoms with van der Waals surface area (Å²) in [6.45, 7) is 0. The van der Waals surface area contributed by atoms with Crippen LogP contribution in [0.15, 0.2) is 30.5 Å². The first-order valence-corrected chi connectivity index (χ1v) is 5.71. The highest BCUT2D eigenvalue weighted by Gasteiger charge is 2.31. The third-order valence-corrected chi connectivity index (χ3v) is 2.55. The van der Waals surface area contributed by atoms with Gasteiger partial charge in [-0.2, -0.15) is 5.10 Å². The molecule has 0 bridgehead atoms. The lowest BCUT2D eigenvalue weighted by Crippen LogP contribution is -2.18. The van der Waals surface area contributed by atoms with E-state index in [4.69, 9.17) is 5.73 Å². The van der Waals surface area contributed by atoms with Crippen molar-refractivity contribution in [2.75, 3.05) is 11.1 Å². The molecule has 0 unspecified atom stereocenters. The monoisotopic (exact) mass is 300 g/mol. The van der Waals surface area contributed by atoms with Gasteiger partial charge in [0, 0.05) is 12.6 Å². The van der Waals surface area contributed by atoms with Crippen LogP contribution in [0.2, 0.25) is 0 Å². The van der Waals surface area contributed by atoms with Crippen LogP contribution in [0.4, 0.5) is 24.7 Å². The Morgan fingerprint density at radius 2 is 1.95 bits per heavy atom. The van der Waals surface area contributed by atoms with Crippen molar-refractivity contribution in [3.05, 3.63) is 36.0 Å². The van der Waals surface area contributed by atoms with Crippen molar-refractivity contribution in [3.63, 3.8) is 0 Å². The zero-order valence-corrected chi connectivity index (χ0v) is 10.8. The number of aryl methyl sites for hydroxylation is 1. The number of amides is 1. The van der Waals surface area contributed by atoms with Crippen LogP contribution in [0.3, 0.4) is 0 Å². The predicted octanol–water partition coefficient (Wildman–Crippen LogP) is 2.15. The standard InChI is InChI=1S/C12H11F3N4O2/c1-19-10(9(16)6-17-19)18-11(20)7-2-4-8(5-3-7)21-12(13,14)15/h2-6H,16H2,1H3,(H,18,20). The van der Waals surface area contributed by atoms with Gasteiger partial charge >= 0.3 is 6.36 Å². The second-order valence-corrected chi connectivity index (χ2v) is 4.10. The fourth-order valence-corrected chi connectivity index (χ4v) is 1.60. The number of benzene rings is 1. The number of nitrogen functional groups attached to an aromatic ring is 1. The number of nitrogens with two attached hydrogens (primary N) is 1. The topological polar surface area (TPSA) is 82.2 Å². The van der Waals surface area contributed by atoms with Crippen molar-refractivity contribution in [2.45, 2.75) is 6.36 Å². The number of rotatable bonds is 3.